The van der Waals surface area contributed by atoms with Crippen molar-refractivity contribution in [3.05, 3.63) is 40.9 Å². The normalized spacial score (nSPS) is 16.4. The van der Waals surface area contributed by atoms with Crippen LogP contribution in [-0.4, -0.2) is 74.3 Å². The van der Waals surface area contributed by atoms with Crippen molar-refractivity contribution in [2.75, 3.05) is 37.6 Å². The molecule has 3 heterocycles. The number of benzene rings is 1. The van der Waals surface area contributed by atoms with Gasteiger partial charge in [-0.2, -0.15) is 10.1 Å². The second-order valence-corrected chi connectivity index (χ2v) is 8.40. The van der Waals surface area contributed by atoms with E-state index in [1.807, 2.05) is 4.90 Å². The van der Waals surface area contributed by atoms with Gasteiger partial charge in [-0.15, -0.1) is 0 Å². The molecule has 2 aromatic heterocycles. The Balaban J connectivity index is 1.52. The highest BCUT2D eigenvalue weighted by molar-refractivity contribution is 6.35. The zero-order valence-electron chi connectivity index (χ0n) is 17.8. The number of hydrogen-bond acceptors (Lipinski definition) is 8. The van der Waals surface area contributed by atoms with E-state index in [1.165, 1.54) is 17.3 Å². The van der Waals surface area contributed by atoms with Gasteiger partial charge in [0.1, 0.15) is 18.7 Å². The Hall–Kier alpha value is -3.18. The summed E-state index contributed by atoms with van der Waals surface area (Å²) in [4.78, 5) is 37.1. The van der Waals surface area contributed by atoms with Crippen LogP contribution in [0.2, 0.25) is 10.0 Å². The fraction of sp³-hybridized carbons (Fsp3) is 0.400. The van der Waals surface area contributed by atoms with E-state index in [0.29, 0.717) is 47.6 Å². The molecule has 3 aromatic rings. The molecular weight excluding hydrogens is 471 g/mol. The monoisotopic (exact) mass is 492 g/mol. The molecule has 0 aliphatic carbocycles. The summed E-state index contributed by atoms with van der Waals surface area (Å²) in [7, 11) is 0. The number of nitrogens with zero attached hydrogens (tertiary/aromatic N) is 7. The zero-order valence-corrected chi connectivity index (χ0v) is 19.3. The van der Waals surface area contributed by atoms with Gasteiger partial charge in [0.15, 0.2) is 0 Å². The van der Waals surface area contributed by atoms with Crippen LogP contribution in [0.1, 0.15) is 19.4 Å². The largest absolute Gasteiger partial charge is 0.354 e. The van der Waals surface area contributed by atoms with Crippen molar-refractivity contribution in [3.8, 4) is 11.4 Å². The maximum absolute atomic E-state index is 13.1. The van der Waals surface area contributed by atoms with Crippen molar-refractivity contribution in [3.63, 3.8) is 0 Å². The maximum atomic E-state index is 13.1. The van der Waals surface area contributed by atoms with E-state index in [4.69, 9.17) is 27.7 Å². The number of anilines is 1. The molecule has 1 unspecified atom stereocenters. The fourth-order valence-corrected chi connectivity index (χ4v) is 4.00. The van der Waals surface area contributed by atoms with Gasteiger partial charge in [-0.25, -0.2) is 9.67 Å². The lowest BCUT2D eigenvalue weighted by atomic mass is 10.2. The predicted molar refractivity (Wildman–Crippen MR) is 121 cm³/mol. The van der Waals surface area contributed by atoms with E-state index >= 15 is 0 Å². The first-order chi connectivity index (χ1) is 15.9. The summed E-state index contributed by atoms with van der Waals surface area (Å²) in [6, 6.07) is 4.72. The zero-order chi connectivity index (χ0) is 23.4. The Morgan fingerprint density at radius 2 is 1.94 bits per heavy atom. The second-order valence-electron chi connectivity index (χ2n) is 7.52. The summed E-state index contributed by atoms with van der Waals surface area (Å²) in [5.74, 6) is 0.0414. The molecule has 0 radical (unpaired) electrons. The van der Waals surface area contributed by atoms with E-state index in [9.17, 15) is 9.59 Å². The molecule has 0 spiro atoms. The molecule has 11 nitrogen and oxygen atoms in total. The van der Waals surface area contributed by atoms with Gasteiger partial charge >= 0.3 is 6.01 Å². The Bertz CT molecular complexity index is 1100. The first-order valence-electron chi connectivity index (χ1n) is 10.4. The van der Waals surface area contributed by atoms with Crippen LogP contribution in [0.3, 0.4) is 0 Å². The first-order valence-corrected chi connectivity index (χ1v) is 11.1. The van der Waals surface area contributed by atoms with Gasteiger partial charge < -0.3 is 19.6 Å². The number of hydrogen-bond donors (Lipinski definition) is 1. The quantitative estimate of drug-likeness (QED) is 0.586. The molecule has 33 heavy (non-hydrogen) atoms. The molecule has 1 aromatic carbocycles. The highest BCUT2D eigenvalue weighted by Gasteiger charge is 2.26. The molecule has 0 saturated carbocycles. The van der Waals surface area contributed by atoms with Crippen molar-refractivity contribution < 1.29 is 14.1 Å². The van der Waals surface area contributed by atoms with Crippen LogP contribution in [0.5, 0.6) is 0 Å². The minimum absolute atomic E-state index is 0.136. The highest BCUT2D eigenvalue weighted by atomic mass is 35.5. The third-order valence-corrected chi connectivity index (χ3v) is 5.70. The summed E-state index contributed by atoms with van der Waals surface area (Å²) in [5.41, 5.74) is 0.621. The van der Waals surface area contributed by atoms with Crippen molar-refractivity contribution in [2.45, 2.75) is 19.4 Å². The lowest BCUT2D eigenvalue weighted by Crippen LogP contribution is -2.46. The Morgan fingerprint density at radius 1 is 1.15 bits per heavy atom. The minimum atomic E-state index is -0.547. The van der Waals surface area contributed by atoms with Gasteiger partial charge in [-0.1, -0.05) is 28.4 Å². The van der Waals surface area contributed by atoms with Gasteiger partial charge in [0.25, 0.3) is 0 Å². The van der Waals surface area contributed by atoms with Crippen LogP contribution in [0.15, 0.2) is 35.4 Å². The number of nitrogens with one attached hydrogen (secondary N) is 1. The molecule has 174 valence electrons. The van der Waals surface area contributed by atoms with Crippen LogP contribution in [0.25, 0.3) is 11.4 Å². The molecule has 2 amide bonds. The van der Waals surface area contributed by atoms with E-state index in [0.717, 1.165) is 0 Å². The third-order valence-electron chi connectivity index (χ3n) is 5.26. The van der Waals surface area contributed by atoms with Crippen LogP contribution in [0, 0.1) is 0 Å². The molecule has 1 saturated heterocycles. The van der Waals surface area contributed by atoms with Gasteiger partial charge in [0.2, 0.25) is 17.6 Å². The molecule has 1 aliphatic rings. The second kappa shape index (κ2) is 10.2. The lowest BCUT2D eigenvalue weighted by Gasteiger charge is -2.30. The van der Waals surface area contributed by atoms with Gasteiger partial charge in [-0.05, 0) is 25.1 Å². The van der Waals surface area contributed by atoms with Gasteiger partial charge in [0.05, 0.1) is 0 Å². The molecule has 1 atom stereocenters. The standard InChI is InChI=1S/C20H22Cl2N8O3/c1-13(30-12-23-11-25-30)19(32)28-4-2-17(31)24-3-5-29(7-6-28)20-26-18(27-33-20)14-8-15(21)10-16(22)9-14/h8-13H,2-7H2,1H3,(H,24,31). The molecule has 4 rings (SSSR count). The maximum Gasteiger partial charge on any atom is 0.324 e. The fourth-order valence-electron chi connectivity index (χ4n) is 3.47. The average Bonchev–Trinajstić information content (AvgIpc) is 3.49. The number of carbonyl (C=O) groups is 2. The van der Waals surface area contributed by atoms with E-state index in [1.54, 1.807) is 30.0 Å². The van der Waals surface area contributed by atoms with Crippen LogP contribution in [0.4, 0.5) is 6.01 Å². The predicted octanol–water partition coefficient (Wildman–Crippen LogP) is 2.05. The number of aromatic nitrogens is 5. The van der Waals surface area contributed by atoms with Gasteiger partial charge in [-0.3, -0.25) is 9.59 Å². The van der Waals surface area contributed by atoms with Crippen molar-refractivity contribution >= 4 is 41.0 Å². The average molecular weight is 493 g/mol. The summed E-state index contributed by atoms with van der Waals surface area (Å²) in [6.07, 6.45) is 3.09. The van der Waals surface area contributed by atoms with Crippen LogP contribution >= 0.6 is 23.2 Å². The van der Waals surface area contributed by atoms with Crippen LogP contribution in [-0.2, 0) is 9.59 Å². The number of amides is 2. The first kappa shape index (κ1) is 23.0. The number of carbonyl (C=O) groups excluding carboxylic acids is 2. The van der Waals surface area contributed by atoms with Crippen molar-refractivity contribution in [1.82, 2.24) is 35.1 Å². The van der Waals surface area contributed by atoms with E-state index in [-0.39, 0.29) is 30.8 Å². The summed E-state index contributed by atoms with van der Waals surface area (Å²) < 4.78 is 6.96. The minimum Gasteiger partial charge on any atom is -0.354 e. The van der Waals surface area contributed by atoms with E-state index in [2.05, 4.69) is 25.5 Å². The lowest BCUT2D eigenvalue weighted by molar-refractivity contribution is -0.135. The van der Waals surface area contributed by atoms with Crippen LogP contribution < -0.4 is 10.2 Å². The Morgan fingerprint density at radius 3 is 2.67 bits per heavy atom. The van der Waals surface area contributed by atoms with E-state index < -0.39 is 6.04 Å². The third kappa shape index (κ3) is 5.60. The number of halogens is 2. The summed E-state index contributed by atoms with van der Waals surface area (Å²) in [5, 5.41) is 11.9. The topological polar surface area (TPSA) is 122 Å². The SMILES string of the molecule is CC(C(=O)N1CCC(=O)NCCN(c2nc(-c3cc(Cl)cc(Cl)c3)no2)CC1)n1cncn1. The molecule has 13 heteroatoms. The summed E-state index contributed by atoms with van der Waals surface area (Å²) in [6.45, 7) is 3.67. The Kier molecular flexibility index (Phi) is 7.09. The van der Waals surface area contributed by atoms with Crippen molar-refractivity contribution in [1.29, 1.82) is 0 Å². The molecule has 1 aliphatic heterocycles. The molecular formula is C20H22Cl2N8O3. The molecule has 0 bridgehead atoms. The van der Waals surface area contributed by atoms with Crippen molar-refractivity contribution in [2.24, 2.45) is 0 Å². The Labute approximate surface area is 199 Å². The smallest absolute Gasteiger partial charge is 0.324 e. The summed E-state index contributed by atoms with van der Waals surface area (Å²) >= 11 is 12.2. The van der Waals surface area contributed by atoms with Gasteiger partial charge in [0, 0.05) is 54.8 Å². The highest BCUT2D eigenvalue weighted by Crippen LogP contribution is 2.27. The number of rotatable bonds is 4. The molecule has 1 fully saturated rings. The molecule has 1 N–H and O–H groups in total.